The predicted molar refractivity (Wildman–Crippen MR) is 121 cm³/mol. The van der Waals surface area contributed by atoms with Gasteiger partial charge >= 0.3 is 6.36 Å². The van der Waals surface area contributed by atoms with E-state index >= 15 is 0 Å². The van der Waals surface area contributed by atoms with Gasteiger partial charge in [-0.1, -0.05) is 82.1 Å². The van der Waals surface area contributed by atoms with Crippen LogP contribution < -0.4 is 4.74 Å². The van der Waals surface area contributed by atoms with Gasteiger partial charge in [0.15, 0.2) is 0 Å². The van der Waals surface area contributed by atoms with E-state index in [1.807, 2.05) is 0 Å². The van der Waals surface area contributed by atoms with E-state index in [2.05, 4.69) is 11.7 Å². The first-order valence-corrected chi connectivity index (χ1v) is 14.7. The number of halogens is 3. The maximum Gasteiger partial charge on any atom is 0.573 e. The summed E-state index contributed by atoms with van der Waals surface area (Å²) in [6.07, 6.45) is 10.2. The summed E-state index contributed by atoms with van der Waals surface area (Å²) in [5.74, 6) is 2.81. The quantitative estimate of drug-likeness (QED) is 0.278. The summed E-state index contributed by atoms with van der Waals surface area (Å²) in [4.78, 5) is 0. The van der Waals surface area contributed by atoms with Gasteiger partial charge in [0.25, 0.3) is 0 Å². The molecule has 0 atom stereocenters. The smallest absolute Gasteiger partial charge is 0.406 e. The van der Waals surface area contributed by atoms with Crippen molar-refractivity contribution in [1.82, 2.24) is 0 Å². The highest BCUT2D eigenvalue weighted by molar-refractivity contribution is 6.58. The molecule has 30 heavy (non-hydrogen) atoms. The van der Waals surface area contributed by atoms with Crippen LogP contribution in [0.5, 0.6) is 5.75 Å². The van der Waals surface area contributed by atoms with Crippen LogP contribution in [0.4, 0.5) is 13.2 Å². The molecule has 2 fully saturated rings. The lowest BCUT2D eigenvalue weighted by Gasteiger charge is -2.37. The molecule has 1 heterocycles. The molecule has 0 unspecified atom stereocenters. The van der Waals surface area contributed by atoms with E-state index in [-0.39, 0.29) is 14.5 Å². The standard InChI is InChI=1S/C25H39F3OSi/c1-2-17-30-18-15-23(16-19-30)22-11-7-20(8-12-22)5-3-4-6-21-9-13-24(14-10-21)29-25(26,27)28/h9-10,13-14,20,22-23,30H,2-8,11-12,15-19H2,1H3/t20-,22-,23?,30?. The van der Waals surface area contributed by atoms with Gasteiger partial charge in [0.2, 0.25) is 0 Å². The molecule has 0 spiro atoms. The summed E-state index contributed by atoms with van der Waals surface area (Å²) < 4.78 is 40.6. The molecule has 2 aliphatic rings. The molecule has 0 N–H and O–H groups in total. The van der Waals surface area contributed by atoms with Crippen molar-refractivity contribution >= 4 is 8.80 Å². The lowest BCUT2D eigenvalue weighted by Crippen LogP contribution is -2.28. The van der Waals surface area contributed by atoms with E-state index in [1.165, 1.54) is 57.1 Å². The van der Waals surface area contributed by atoms with Gasteiger partial charge in [0.05, 0.1) is 0 Å². The molecule has 5 heteroatoms. The normalized spacial score (nSPS) is 27.7. The first kappa shape index (κ1) is 23.7. The molecule has 1 aromatic carbocycles. The molecule has 3 rings (SSSR count). The molecule has 0 amide bonds. The Kier molecular flexibility index (Phi) is 9.15. The van der Waals surface area contributed by atoms with Gasteiger partial charge in [-0.25, -0.2) is 0 Å². The molecule has 0 radical (unpaired) electrons. The zero-order valence-corrected chi connectivity index (χ0v) is 19.7. The molecular weight excluding hydrogens is 401 g/mol. The van der Waals surface area contributed by atoms with Crippen molar-refractivity contribution in [3.63, 3.8) is 0 Å². The van der Waals surface area contributed by atoms with Crippen LogP contribution in [0.1, 0.15) is 76.7 Å². The van der Waals surface area contributed by atoms with Crippen LogP contribution >= 0.6 is 0 Å². The Morgan fingerprint density at radius 2 is 1.53 bits per heavy atom. The van der Waals surface area contributed by atoms with E-state index in [0.29, 0.717) is 0 Å². The molecule has 1 saturated carbocycles. The van der Waals surface area contributed by atoms with Crippen LogP contribution in [-0.4, -0.2) is 15.2 Å². The van der Waals surface area contributed by atoms with E-state index in [4.69, 9.17) is 0 Å². The summed E-state index contributed by atoms with van der Waals surface area (Å²) in [5.41, 5.74) is 1.09. The largest absolute Gasteiger partial charge is 0.573 e. The minimum absolute atomic E-state index is 0.135. The summed E-state index contributed by atoms with van der Waals surface area (Å²) in [6.45, 7) is 2.35. The van der Waals surface area contributed by atoms with Crippen molar-refractivity contribution in [3.8, 4) is 5.75 Å². The van der Waals surface area contributed by atoms with Gasteiger partial charge in [-0.15, -0.1) is 13.2 Å². The van der Waals surface area contributed by atoms with Gasteiger partial charge in [-0.3, -0.25) is 0 Å². The topological polar surface area (TPSA) is 9.23 Å². The van der Waals surface area contributed by atoms with Crippen LogP contribution in [0.3, 0.4) is 0 Å². The summed E-state index contributed by atoms with van der Waals surface area (Å²) in [6, 6.07) is 11.1. The Hall–Kier alpha value is -0.973. The highest BCUT2D eigenvalue weighted by Crippen LogP contribution is 2.42. The number of alkyl halides is 3. The third-order valence-electron chi connectivity index (χ3n) is 7.63. The average molecular weight is 441 g/mol. The van der Waals surface area contributed by atoms with Crippen molar-refractivity contribution in [1.29, 1.82) is 0 Å². The number of hydrogen-bond acceptors (Lipinski definition) is 1. The van der Waals surface area contributed by atoms with Crippen LogP contribution in [0.25, 0.3) is 0 Å². The Balaban J connectivity index is 1.27. The molecule has 0 aromatic heterocycles. The Morgan fingerprint density at radius 3 is 2.13 bits per heavy atom. The Labute approximate surface area is 182 Å². The van der Waals surface area contributed by atoms with Crippen LogP contribution in [0.2, 0.25) is 18.1 Å². The summed E-state index contributed by atoms with van der Waals surface area (Å²) in [5, 5.41) is 0. The van der Waals surface area contributed by atoms with Gasteiger partial charge in [0, 0.05) is 8.80 Å². The fourth-order valence-corrected chi connectivity index (χ4v) is 9.41. The van der Waals surface area contributed by atoms with Crippen molar-refractivity contribution < 1.29 is 17.9 Å². The molecular formula is C25H39F3OSi. The van der Waals surface area contributed by atoms with Gasteiger partial charge in [-0.2, -0.15) is 0 Å². The van der Waals surface area contributed by atoms with Crippen molar-refractivity contribution in [3.05, 3.63) is 29.8 Å². The predicted octanol–water partition coefficient (Wildman–Crippen LogP) is 8.15. The van der Waals surface area contributed by atoms with Crippen LogP contribution in [-0.2, 0) is 6.42 Å². The van der Waals surface area contributed by atoms with Crippen molar-refractivity contribution in [2.45, 2.75) is 102 Å². The number of ether oxygens (including phenoxy) is 1. The fraction of sp³-hybridized carbons (Fsp3) is 0.760. The van der Waals surface area contributed by atoms with Crippen LogP contribution in [0.15, 0.2) is 24.3 Å². The van der Waals surface area contributed by atoms with E-state index in [0.717, 1.165) is 36.2 Å². The molecule has 1 nitrogen and oxygen atoms in total. The van der Waals surface area contributed by atoms with E-state index < -0.39 is 6.36 Å². The SMILES string of the molecule is CCC[SiH]1CCC([C@H]2CC[C@H](CCCCc3ccc(OC(F)(F)F)cc3)CC2)CC1. The number of rotatable bonds is 9. The number of hydrogen-bond donors (Lipinski definition) is 0. The first-order chi connectivity index (χ1) is 14.4. The number of aryl methyl sites for hydroxylation is 1. The van der Waals surface area contributed by atoms with Gasteiger partial charge < -0.3 is 4.74 Å². The van der Waals surface area contributed by atoms with Crippen molar-refractivity contribution in [2.75, 3.05) is 0 Å². The molecule has 170 valence electrons. The third kappa shape index (κ3) is 7.94. The number of unbranched alkanes of at least 4 members (excludes halogenated alkanes) is 1. The van der Waals surface area contributed by atoms with Crippen LogP contribution in [0, 0.1) is 17.8 Å². The zero-order valence-electron chi connectivity index (χ0n) is 18.6. The minimum atomic E-state index is -4.61. The van der Waals surface area contributed by atoms with Crippen molar-refractivity contribution in [2.24, 2.45) is 17.8 Å². The average Bonchev–Trinajstić information content (AvgIpc) is 2.73. The molecule has 1 aliphatic carbocycles. The second-order valence-electron chi connectivity index (χ2n) is 9.79. The molecule has 1 aliphatic heterocycles. The molecule has 1 aromatic rings. The maximum atomic E-state index is 12.2. The highest BCUT2D eigenvalue weighted by Gasteiger charge is 2.31. The minimum Gasteiger partial charge on any atom is -0.406 e. The van der Waals surface area contributed by atoms with E-state index in [9.17, 15) is 13.2 Å². The first-order valence-electron chi connectivity index (χ1n) is 12.3. The van der Waals surface area contributed by atoms with Gasteiger partial charge in [-0.05, 0) is 61.1 Å². The maximum absolute atomic E-state index is 12.2. The third-order valence-corrected chi connectivity index (χ3v) is 11.3. The summed E-state index contributed by atoms with van der Waals surface area (Å²) >= 11 is 0. The molecule has 1 saturated heterocycles. The summed E-state index contributed by atoms with van der Waals surface area (Å²) in [7, 11) is -0.346. The Bertz CT molecular complexity index is 600. The fourth-order valence-electron chi connectivity index (χ4n) is 5.92. The monoisotopic (exact) mass is 440 g/mol. The Morgan fingerprint density at radius 1 is 0.900 bits per heavy atom. The number of benzene rings is 1. The van der Waals surface area contributed by atoms with E-state index in [1.54, 1.807) is 43.1 Å². The second-order valence-corrected chi connectivity index (χ2v) is 13.3. The second kappa shape index (κ2) is 11.6. The highest BCUT2D eigenvalue weighted by atomic mass is 28.3. The lowest BCUT2D eigenvalue weighted by atomic mass is 9.73. The zero-order chi connectivity index (χ0) is 21.4. The van der Waals surface area contributed by atoms with Gasteiger partial charge in [0.1, 0.15) is 5.75 Å². The molecule has 0 bridgehead atoms. The lowest BCUT2D eigenvalue weighted by molar-refractivity contribution is -0.274.